The number of rotatable bonds is 6. The largest absolute Gasteiger partial charge is 0.348 e. The minimum atomic E-state index is -3.52. The molecule has 1 atom stereocenters. The van der Waals surface area contributed by atoms with Crippen LogP contribution in [0, 0.1) is 13.8 Å². The molecule has 0 spiro atoms. The Kier molecular flexibility index (Phi) is 7.27. The Balaban J connectivity index is 1.55. The van der Waals surface area contributed by atoms with Gasteiger partial charge in [-0.25, -0.2) is 8.42 Å². The van der Waals surface area contributed by atoms with Crippen molar-refractivity contribution in [3.8, 4) is 0 Å². The van der Waals surface area contributed by atoms with Crippen LogP contribution < -0.4 is 10.6 Å². The van der Waals surface area contributed by atoms with Crippen molar-refractivity contribution in [1.29, 1.82) is 0 Å². The molecule has 3 rings (SSSR count). The molecule has 1 aromatic carbocycles. The van der Waals surface area contributed by atoms with Crippen molar-refractivity contribution in [2.75, 3.05) is 18.4 Å². The van der Waals surface area contributed by atoms with E-state index in [4.69, 9.17) is 0 Å². The molecule has 2 aromatic rings. The summed E-state index contributed by atoms with van der Waals surface area (Å²) >= 11 is 1.21. The second-order valence-corrected chi connectivity index (χ2v) is 10.6. The van der Waals surface area contributed by atoms with Gasteiger partial charge in [0.05, 0.1) is 0 Å². The number of hydrogen-bond donors (Lipinski definition) is 2. The molecular weight excluding hydrogens is 422 g/mol. The Morgan fingerprint density at radius 3 is 2.53 bits per heavy atom. The molecule has 7 nitrogen and oxygen atoms in total. The van der Waals surface area contributed by atoms with E-state index in [9.17, 15) is 18.0 Å². The zero-order chi connectivity index (χ0) is 21.7. The lowest BCUT2D eigenvalue weighted by molar-refractivity contribution is -0.136. The number of aryl methyl sites for hydroxylation is 2. The van der Waals surface area contributed by atoms with Gasteiger partial charge in [0.15, 0.2) is 0 Å². The molecule has 2 N–H and O–H groups in total. The minimum Gasteiger partial charge on any atom is -0.348 e. The first kappa shape index (κ1) is 22.5. The molecule has 2 amide bonds. The molecule has 0 bridgehead atoms. The van der Waals surface area contributed by atoms with Gasteiger partial charge in [-0.3, -0.25) is 9.59 Å². The Bertz CT molecular complexity index is 983. The summed E-state index contributed by atoms with van der Waals surface area (Å²) in [5, 5.41) is 6.97. The average molecular weight is 450 g/mol. The molecule has 9 heteroatoms. The van der Waals surface area contributed by atoms with Crippen LogP contribution >= 0.6 is 11.3 Å². The maximum Gasteiger partial charge on any atom is 0.313 e. The topological polar surface area (TPSA) is 95.6 Å². The van der Waals surface area contributed by atoms with E-state index in [1.165, 1.54) is 11.3 Å². The Labute approximate surface area is 181 Å². The van der Waals surface area contributed by atoms with Crippen LogP contribution in [0.15, 0.2) is 39.9 Å². The van der Waals surface area contributed by atoms with Crippen molar-refractivity contribution < 1.29 is 18.0 Å². The number of hydrogen-bond acceptors (Lipinski definition) is 5. The zero-order valence-corrected chi connectivity index (χ0v) is 18.8. The van der Waals surface area contributed by atoms with Crippen molar-refractivity contribution in [3.05, 3.63) is 46.8 Å². The summed E-state index contributed by atoms with van der Waals surface area (Å²) < 4.78 is 27.7. The number of sulfonamides is 1. The Morgan fingerprint density at radius 1 is 1.13 bits per heavy atom. The van der Waals surface area contributed by atoms with Crippen molar-refractivity contribution in [1.82, 2.24) is 9.62 Å². The molecule has 1 saturated heterocycles. The van der Waals surface area contributed by atoms with Gasteiger partial charge in [-0.1, -0.05) is 18.6 Å². The van der Waals surface area contributed by atoms with Gasteiger partial charge >= 0.3 is 11.8 Å². The molecule has 2 heterocycles. The zero-order valence-electron chi connectivity index (χ0n) is 17.2. The highest BCUT2D eigenvalue weighted by Crippen LogP contribution is 2.29. The normalized spacial score (nSPS) is 17.5. The van der Waals surface area contributed by atoms with Gasteiger partial charge in [0.2, 0.25) is 0 Å². The van der Waals surface area contributed by atoms with Gasteiger partial charge in [0.1, 0.15) is 4.21 Å². The lowest BCUT2D eigenvalue weighted by atomic mass is 10.0. The van der Waals surface area contributed by atoms with Crippen LogP contribution in [0.4, 0.5) is 5.69 Å². The molecule has 0 aliphatic carbocycles. The molecule has 30 heavy (non-hydrogen) atoms. The van der Waals surface area contributed by atoms with Gasteiger partial charge in [-0.15, -0.1) is 11.3 Å². The van der Waals surface area contributed by atoms with Crippen LogP contribution in [-0.4, -0.2) is 43.7 Å². The van der Waals surface area contributed by atoms with Gasteiger partial charge in [0, 0.05) is 24.8 Å². The summed E-state index contributed by atoms with van der Waals surface area (Å²) in [4.78, 5) is 24.3. The highest BCUT2D eigenvalue weighted by molar-refractivity contribution is 7.91. The smallest absolute Gasteiger partial charge is 0.313 e. The minimum absolute atomic E-state index is 0.186. The van der Waals surface area contributed by atoms with E-state index in [1.54, 1.807) is 34.0 Å². The number of thiophene rings is 1. The van der Waals surface area contributed by atoms with Gasteiger partial charge in [0.25, 0.3) is 10.0 Å². The Hall–Kier alpha value is -2.23. The first-order valence-corrected chi connectivity index (χ1v) is 12.3. The number of carbonyl (C=O) groups is 2. The number of nitrogens with one attached hydrogen (secondary N) is 2. The molecule has 1 fully saturated rings. The summed E-state index contributed by atoms with van der Waals surface area (Å²) in [7, 11) is -3.52. The van der Waals surface area contributed by atoms with Crippen LogP contribution in [0.3, 0.4) is 0 Å². The highest BCUT2D eigenvalue weighted by atomic mass is 32.2. The monoisotopic (exact) mass is 449 g/mol. The third kappa shape index (κ3) is 5.47. The standard InChI is InChI=1S/C21H27N3O4S2/c1-15-12-16(2)14-17(13-15)23-21(26)20(25)22-9-8-18-6-3-4-10-24(18)30(27,28)19-7-5-11-29-19/h5,7,11-14,18H,3-4,6,8-10H2,1-2H3,(H,22,25)(H,23,26). The molecule has 0 saturated carbocycles. The van der Waals surface area contributed by atoms with E-state index >= 15 is 0 Å². The lowest BCUT2D eigenvalue weighted by Gasteiger charge is -2.34. The molecule has 1 aliphatic heterocycles. The third-order valence-electron chi connectivity index (χ3n) is 5.08. The fourth-order valence-corrected chi connectivity index (χ4v) is 6.62. The number of nitrogens with zero attached hydrogens (tertiary/aromatic N) is 1. The predicted molar refractivity (Wildman–Crippen MR) is 118 cm³/mol. The highest BCUT2D eigenvalue weighted by Gasteiger charge is 2.33. The lowest BCUT2D eigenvalue weighted by Crippen LogP contribution is -2.45. The second kappa shape index (κ2) is 9.72. The maximum atomic E-state index is 12.9. The fourth-order valence-electron chi connectivity index (χ4n) is 3.77. The Morgan fingerprint density at radius 2 is 1.87 bits per heavy atom. The van der Waals surface area contributed by atoms with Crippen molar-refractivity contribution in [2.24, 2.45) is 0 Å². The number of carbonyl (C=O) groups excluding carboxylic acids is 2. The number of benzene rings is 1. The summed E-state index contributed by atoms with van der Waals surface area (Å²) in [5.74, 6) is -1.45. The summed E-state index contributed by atoms with van der Waals surface area (Å²) in [6.45, 7) is 4.55. The first-order chi connectivity index (χ1) is 14.3. The van der Waals surface area contributed by atoms with E-state index in [-0.39, 0.29) is 12.6 Å². The van der Waals surface area contributed by atoms with Crippen LogP contribution in [0.2, 0.25) is 0 Å². The SMILES string of the molecule is Cc1cc(C)cc(NC(=O)C(=O)NCCC2CCCCN2S(=O)(=O)c2cccs2)c1. The second-order valence-electron chi connectivity index (χ2n) is 7.57. The quantitative estimate of drug-likeness (QED) is 0.663. The summed E-state index contributed by atoms with van der Waals surface area (Å²) in [6, 6.07) is 8.74. The van der Waals surface area contributed by atoms with Crippen molar-refractivity contribution >= 4 is 38.9 Å². The van der Waals surface area contributed by atoms with Gasteiger partial charge in [-0.05, 0) is 67.8 Å². The summed E-state index contributed by atoms with van der Waals surface area (Å²) in [6.07, 6.45) is 2.98. The van der Waals surface area contributed by atoms with Crippen LogP contribution in [-0.2, 0) is 19.6 Å². The van der Waals surface area contributed by atoms with Gasteiger partial charge in [-0.2, -0.15) is 4.31 Å². The van der Waals surface area contributed by atoms with E-state index in [2.05, 4.69) is 10.6 Å². The molecule has 1 aromatic heterocycles. The summed E-state index contributed by atoms with van der Waals surface area (Å²) in [5.41, 5.74) is 2.57. The first-order valence-electron chi connectivity index (χ1n) is 10.00. The van der Waals surface area contributed by atoms with Crippen LogP contribution in [0.25, 0.3) is 0 Å². The fraction of sp³-hybridized carbons (Fsp3) is 0.429. The number of amides is 2. The van der Waals surface area contributed by atoms with Gasteiger partial charge < -0.3 is 10.6 Å². The molecule has 1 aliphatic rings. The number of piperidine rings is 1. The van der Waals surface area contributed by atoms with E-state index in [0.29, 0.717) is 22.9 Å². The molecule has 162 valence electrons. The van der Waals surface area contributed by atoms with E-state index < -0.39 is 21.8 Å². The van der Waals surface area contributed by atoms with Crippen LogP contribution in [0.1, 0.15) is 36.8 Å². The molecule has 0 radical (unpaired) electrons. The molecule has 1 unspecified atom stereocenters. The van der Waals surface area contributed by atoms with E-state index in [0.717, 1.165) is 30.4 Å². The van der Waals surface area contributed by atoms with Crippen molar-refractivity contribution in [2.45, 2.75) is 49.8 Å². The maximum absolute atomic E-state index is 12.9. The van der Waals surface area contributed by atoms with Crippen LogP contribution in [0.5, 0.6) is 0 Å². The van der Waals surface area contributed by atoms with Crippen molar-refractivity contribution in [3.63, 3.8) is 0 Å². The average Bonchev–Trinajstić information content (AvgIpc) is 3.23. The predicted octanol–water partition coefficient (Wildman–Crippen LogP) is 3.05. The third-order valence-corrected chi connectivity index (χ3v) is 8.40. The van der Waals surface area contributed by atoms with E-state index in [1.807, 2.05) is 19.9 Å². The molecular formula is C21H27N3O4S2. The number of anilines is 1.